The fourth-order valence-electron chi connectivity index (χ4n) is 2.15. The predicted molar refractivity (Wildman–Crippen MR) is 91.8 cm³/mol. The molecule has 0 aliphatic heterocycles. The van der Waals surface area contributed by atoms with Gasteiger partial charge in [0.05, 0.1) is 18.2 Å². The second-order valence-corrected chi connectivity index (χ2v) is 7.85. The number of sulfonamides is 1. The topological polar surface area (TPSA) is 72.2 Å². The molecule has 0 aliphatic carbocycles. The molecule has 2 aromatic heterocycles. The summed E-state index contributed by atoms with van der Waals surface area (Å²) in [4.78, 5) is 4.61. The Morgan fingerprint density at radius 1 is 1.17 bits per heavy atom. The molecule has 0 saturated heterocycles. The Labute approximate surface area is 139 Å². The van der Waals surface area contributed by atoms with Gasteiger partial charge in [0.2, 0.25) is 10.0 Å². The van der Waals surface area contributed by atoms with Gasteiger partial charge in [0.1, 0.15) is 11.3 Å². The smallest absolute Gasteiger partial charge is 0.208 e. The minimum absolute atomic E-state index is 0.402. The number of nitrogens with zero attached hydrogens (tertiary/aromatic N) is 1. The van der Waals surface area contributed by atoms with Crippen LogP contribution < -0.4 is 4.72 Å². The number of benzene rings is 1. The van der Waals surface area contributed by atoms with Gasteiger partial charge >= 0.3 is 0 Å². The second kappa shape index (κ2) is 6.66. The van der Waals surface area contributed by atoms with Crippen LogP contribution in [0, 0.1) is 0 Å². The van der Waals surface area contributed by atoms with Gasteiger partial charge in [-0.05, 0) is 18.1 Å². The van der Waals surface area contributed by atoms with Gasteiger partial charge in [-0.2, -0.15) is 0 Å². The highest BCUT2D eigenvalue weighted by molar-refractivity contribution is 7.88. The van der Waals surface area contributed by atoms with Crippen molar-refractivity contribution in [2.75, 3.05) is 12.8 Å². The number of rotatable bonds is 6. The number of nitrogens with one attached hydrogen (secondary N) is 1. The first kappa shape index (κ1) is 15.9. The quantitative estimate of drug-likeness (QED) is 0.743. The number of hydrogen-bond donors (Lipinski definition) is 1. The van der Waals surface area contributed by atoms with Crippen molar-refractivity contribution in [1.29, 1.82) is 0 Å². The average molecular weight is 348 g/mol. The first-order valence-corrected chi connectivity index (χ1v) is 9.80. The van der Waals surface area contributed by atoms with E-state index in [9.17, 15) is 8.42 Å². The van der Waals surface area contributed by atoms with Crippen molar-refractivity contribution in [1.82, 2.24) is 9.71 Å². The molecule has 0 atom stereocenters. The maximum absolute atomic E-state index is 11.0. The lowest BCUT2D eigenvalue weighted by atomic mass is 10.1. The molecule has 1 aromatic carbocycles. The molecule has 120 valence electrons. The molecule has 5 nitrogen and oxygen atoms in total. The van der Waals surface area contributed by atoms with E-state index in [1.807, 2.05) is 35.7 Å². The summed E-state index contributed by atoms with van der Waals surface area (Å²) in [5.41, 5.74) is 4.02. The molecule has 7 heteroatoms. The summed E-state index contributed by atoms with van der Waals surface area (Å²) >= 11 is 1.58. The van der Waals surface area contributed by atoms with Crippen LogP contribution in [0.4, 0.5) is 0 Å². The highest BCUT2D eigenvalue weighted by Gasteiger charge is 2.08. The van der Waals surface area contributed by atoms with E-state index >= 15 is 0 Å². The van der Waals surface area contributed by atoms with Gasteiger partial charge in [-0.25, -0.2) is 18.1 Å². The zero-order chi connectivity index (χ0) is 16.3. The highest BCUT2D eigenvalue weighted by Crippen LogP contribution is 2.29. The standard InChI is InChI=1S/C16H16N2O3S2/c1-23(19,20)17-8-6-12-2-4-13(5-3-12)15-11-22-16(18-15)14-7-9-21-10-14/h2-5,7,9-11,17H,6,8H2,1H3. The number of aromatic nitrogens is 1. The minimum atomic E-state index is -3.13. The fraction of sp³-hybridized carbons (Fsp3) is 0.188. The molecular weight excluding hydrogens is 332 g/mol. The normalized spacial score (nSPS) is 11.7. The van der Waals surface area contributed by atoms with Crippen LogP contribution in [0.1, 0.15) is 5.56 Å². The predicted octanol–water partition coefficient (Wildman–Crippen LogP) is 3.16. The highest BCUT2D eigenvalue weighted by atomic mass is 32.2. The third-order valence-electron chi connectivity index (χ3n) is 3.30. The Bertz CT molecular complexity index is 866. The van der Waals surface area contributed by atoms with E-state index in [2.05, 4.69) is 9.71 Å². The van der Waals surface area contributed by atoms with E-state index in [0.29, 0.717) is 13.0 Å². The summed E-state index contributed by atoms with van der Waals surface area (Å²) in [6, 6.07) is 9.89. The lowest BCUT2D eigenvalue weighted by molar-refractivity contribution is 0.568. The van der Waals surface area contributed by atoms with E-state index < -0.39 is 10.0 Å². The van der Waals surface area contributed by atoms with E-state index in [4.69, 9.17) is 4.42 Å². The minimum Gasteiger partial charge on any atom is -0.472 e. The van der Waals surface area contributed by atoms with Gasteiger partial charge in [-0.15, -0.1) is 11.3 Å². The Hall–Kier alpha value is -1.96. The van der Waals surface area contributed by atoms with Crippen LogP contribution in [0.2, 0.25) is 0 Å². The monoisotopic (exact) mass is 348 g/mol. The van der Waals surface area contributed by atoms with Crippen LogP contribution in [-0.2, 0) is 16.4 Å². The first-order chi connectivity index (χ1) is 11.0. The SMILES string of the molecule is CS(=O)(=O)NCCc1ccc(-c2csc(-c3ccoc3)n2)cc1. The summed E-state index contributed by atoms with van der Waals surface area (Å²) < 4.78 is 29.6. The van der Waals surface area contributed by atoms with Crippen molar-refractivity contribution < 1.29 is 12.8 Å². The number of thiazole rings is 1. The zero-order valence-corrected chi connectivity index (χ0v) is 14.2. The number of hydrogen-bond acceptors (Lipinski definition) is 5. The van der Waals surface area contributed by atoms with E-state index in [1.165, 1.54) is 0 Å². The van der Waals surface area contributed by atoms with Gasteiger partial charge in [-0.1, -0.05) is 24.3 Å². The maximum atomic E-state index is 11.0. The Kier molecular flexibility index (Phi) is 4.61. The molecule has 0 aliphatic rings. The molecule has 3 aromatic rings. The van der Waals surface area contributed by atoms with Crippen molar-refractivity contribution >= 4 is 21.4 Å². The molecule has 0 fully saturated rings. The summed E-state index contributed by atoms with van der Waals surface area (Å²) in [7, 11) is -3.13. The van der Waals surface area contributed by atoms with Gasteiger partial charge < -0.3 is 4.42 Å². The second-order valence-electron chi connectivity index (χ2n) is 5.16. The molecule has 0 bridgehead atoms. The zero-order valence-electron chi connectivity index (χ0n) is 12.5. The van der Waals surface area contributed by atoms with Crippen LogP contribution in [0.25, 0.3) is 21.8 Å². The van der Waals surface area contributed by atoms with Crippen LogP contribution >= 0.6 is 11.3 Å². The molecule has 0 radical (unpaired) electrons. The van der Waals surface area contributed by atoms with Crippen molar-refractivity contribution in [3.63, 3.8) is 0 Å². The van der Waals surface area contributed by atoms with Crippen LogP contribution in [0.3, 0.4) is 0 Å². The molecule has 1 N–H and O–H groups in total. The number of furan rings is 1. The summed E-state index contributed by atoms with van der Waals surface area (Å²) in [5, 5.41) is 2.94. The van der Waals surface area contributed by atoms with Crippen LogP contribution in [-0.4, -0.2) is 26.2 Å². The largest absolute Gasteiger partial charge is 0.472 e. The van der Waals surface area contributed by atoms with Gasteiger partial charge in [0.25, 0.3) is 0 Å². The van der Waals surface area contributed by atoms with Gasteiger partial charge in [0, 0.05) is 23.1 Å². The van der Waals surface area contributed by atoms with Crippen molar-refractivity contribution in [2.24, 2.45) is 0 Å². The maximum Gasteiger partial charge on any atom is 0.208 e. The molecule has 0 spiro atoms. The first-order valence-electron chi connectivity index (χ1n) is 7.03. The third-order valence-corrected chi connectivity index (χ3v) is 4.92. The average Bonchev–Trinajstić information content (AvgIpc) is 3.18. The van der Waals surface area contributed by atoms with E-state index in [0.717, 1.165) is 33.6 Å². The third kappa shape index (κ3) is 4.28. The van der Waals surface area contributed by atoms with Crippen molar-refractivity contribution in [2.45, 2.75) is 6.42 Å². The van der Waals surface area contributed by atoms with E-state index in [1.54, 1.807) is 23.9 Å². The Morgan fingerprint density at radius 2 is 1.96 bits per heavy atom. The Morgan fingerprint density at radius 3 is 2.61 bits per heavy atom. The fourth-order valence-corrected chi connectivity index (χ4v) is 3.44. The molecule has 3 rings (SSSR count). The van der Waals surface area contributed by atoms with Crippen LogP contribution in [0.15, 0.2) is 52.7 Å². The molecule has 0 saturated carbocycles. The lowest BCUT2D eigenvalue weighted by Crippen LogP contribution is -2.24. The molecule has 2 heterocycles. The lowest BCUT2D eigenvalue weighted by Gasteiger charge is -2.04. The Balaban J connectivity index is 1.68. The van der Waals surface area contributed by atoms with E-state index in [-0.39, 0.29) is 0 Å². The van der Waals surface area contributed by atoms with Crippen LogP contribution in [0.5, 0.6) is 0 Å². The van der Waals surface area contributed by atoms with Gasteiger partial charge in [-0.3, -0.25) is 0 Å². The summed E-state index contributed by atoms with van der Waals surface area (Å²) in [6.07, 6.45) is 5.14. The van der Waals surface area contributed by atoms with Gasteiger partial charge in [0.15, 0.2) is 0 Å². The summed E-state index contributed by atoms with van der Waals surface area (Å²) in [5.74, 6) is 0. The van der Waals surface area contributed by atoms with Crippen molar-refractivity contribution in [3.8, 4) is 21.8 Å². The molecular formula is C16H16N2O3S2. The molecule has 0 unspecified atom stereocenters. The van der Waals surface area contributed by atoms with Crippen molar-refractivity contribution in [3.05, 3.63) is 53.8 Å². The molecule has 23 heavy (non-hydrogen) atoms. The summed E-state index contributed by atoms with van der Waals surface area (Å²) in [6.45, 7) is 0.402. The molecule has 0 amide bonds.